The molecule has 1 amide bonds. The number of hydrogen-bond acceptors (Lipinski definition) is 3. The topological polar surface area (TPSA) is 64.2 Å². The van der Waals surface area contributed by atoms with E-state index in [1.165, 1.54) is 0 Å². The lowest BCUT2D eigenvalue weighted by atomic mass is 10.0. The number of aromatic nitrogens is 2. The zero-order valence-electron chi connectivity index (χ0n) is 12.1. The maximum Gasteiger partial charge on any atom is 0.257 e. The van der Waals surface area contributed by atoms with E-state index in [1.807, 2.05) is 32.1 Å². The summed E-state index contributed by atoms with van der Waals surface area (Å²) in [6, 6.07) is 0.280. The van der Waals surface area contributed by atoms with E-state index in [1.54, 1.807) is 4.68 Å². The van der Waals surface area contributed by atoms with Crippen LogP contribution in [0.5, 0.6) is 0 Å². The van der Waals surface area contributed by atoms with Gasteiger partial charge in [-0.2, -0.15) is 5.10 Å². The van der Waals surface area contributed by atoms with Crippen molar-refractivity contribution < 1.29 is 4.79 Å². The van der Waals surface area contributed by atoms with Crippen LogP contribution in [0.1, 0.15) is 42.2 Å². The molecule has 2 N–H and O–H groups in total. The molecule has 106 valence electrons. The van der Waals surface area contributed by atoms with Gasteiger partial charge < -0.3 is 10.6 Å². The summed E-state index contributed by atoms with van der Waals surface area (Å²) in [6.07, 6.45) is 5.96. The van der Waals surface area contributed by atoms with Crippen LogP contribution in [0.25, 0.3) is 0 Å². The minimum atomic E-state index is 0.0790. The number of carbonyl (C=O) groups is 1. The molecule has 1 aromatic rings. The van der Waals surface area contributed by atoms with E-state index in [-0.39, 0.29) is 11.9 Å². The predicted octanol–water partition coefficient (Wildman–Crippen LogP) is 1.18. The van der Waals surface area contributed by atoms with Crippen molar-refractivity contribution in [3.05, 3.63) is 17.5 Å². The summed E-state index contributed by atoms with van der Waals surface area (Å²) in [5.41, 5.74) is 7.41. The van der Waals surface area contributed by atoms with Crippen molar-refractivity contribution in [1.82, 2.24) is 14.7 Å². The molecule has 0 aromatic carbocycles. The van der Waals surface area contributed by atoms with Gasteiger partial charge in [-0.05, 0) is 31.7 Å². The lowest BCUT2D eigenvalue weighted by Gasteiger charge is -2.29. The molecular weight excluding hydrogens is 240 g/mol. The largest absolute Gasteiger partial charge is 0.338 e. The van der Waals surface area contributed by atoms with E-state index in [0.29, 0.717) is 12.5 Å². The first kappa shape index (κ1) is 14.1. The number of hydrogen-bond donors (Lipinski definition) is 1. The Bertz CT molecular complexity index is 454. The van der Waals surface area contributed by atoms with Crippen LogP contribution in [-0.4, -0.2) is 40.2 Å². The Morgan fingerprint density at radius 1 is 1.58 bits per heavy atom. The first-order valence-corrected chi connectivity index (χ1v) is 7.08. The third kappa shape index (κ3) is 2.66. The Morgan fingerprint density at radius 2 is 2.32 bits per heavy atom. The summed E-state index contributed by atoms with van der Waals surface area (Å²) >= 11 is 0. The molecule has 1 aliphatic carbocycles. The Hall–Kier alpha value is -1.36. The molecule has 0 bridgehead atoms. The predicted molar refractivity (Wildman–Crippen MR) is 74.9 cm³/mol. The number of nitrogens with zero attached hydrogens (tertiary/aromatic N) is 3. The number of rotatable bonds is 4. The molecule has 1 fully saturated rings. The van der Waals surface area contributed by atoms with Gasteiger partial charge in [-0.15, -0.1) is 0 Å². The third-order valence-electron chi connectivity index (χ3n) is 4.21. The van der Waals surface area contributed by atoms with Gasteiger partial charge in [-0.25, -0.2) is 0 Å². The molecule has 5 nitrogen and oxygen atoms in total. The van der Waals surface area contributed by atoms with Crippen LogP contribution >= 0.6 is 0 Å². The highest BCUT2D eigenvalue weighted by Crippen LogP contribution is 2.29. The maximum atomic E-state index is 12.6. The first-order valence-electron chi connectivity index (χ1n) is 7.08. The van der Waals surface area contributed by atoms with Gasteiger partial charge in [0.15, 0.2) is 0 Å². The zero-order chi connectivity index (χ0) is 14.0. The summed E-state index contributed by atoms with van der Waals surface area (Å²) in [4.78, 5) is 14.5. The zero-order valence-corrected chi connectivity index (χ0v) is 12.1. The number of aryl methyl sites for hydroxylation is 2. The standard InChI is InChI=1S/C14H24N4O/c1-4-12-11(9-17(2)16-12)14(19)18(3)13-7-5-6-10(13)8-15/h9-10,13H,4-8,15H2,1-3H3. The minimum Gasteiger partial charge on any atom is -0.338 e. The number of nitrogens with two attached hydrogens (primary N) is 1. The molecule has 0 spiro atoms. The van der Waals surface area contributed by atoms with Gasteiger partial charge in [0.2, 0.25) is 0 Å². The Morgan fingerprint density at radius 3 is 2.95 bits per heavy atom. The van der Waals surface area contributed by atoms with Crippen LogP contribution < -0.4 is 5.73 Å². The Labute approximate surface area is 114 Å². The maximum absolute atomic E-state index is 12.6. The van der Waals surface area contributed by atoms with E-state index in [4.69, 9.17) is 5.73 Å². The molecule has 0 aliphatic heterocycles. The average Bonchev–Trinajstić information content (AvgIpc) is 3.02. The first-order chi connectivity index (χ1) is 9.08. The number of carbonyl (C=O) groups excluding carboxylic acids is 1. The Kier molecular flexibility index (Phi) is 4.24. The van der Waals surface area contributed by atoms with Crippen molar-refractivity contribution in [3.8, 4) is 0 Å². The minimum absolute atomic E-state index is 0.0790. The molecule has 19 heavy (non-hydrogen) atoms. The molecular formula is C14H24N4O. The van der Waals surface area contributed by atoms with Crippen LogP contribution in [0.2, 0.25) is 0 Å². The van der Waals surface area contributed by atoms with Gasteiger partial charge in [0.25, 0.3) is 5.91 Å². The molecule has 5 heteroatoms. The summed E-state index contributed by atoms with van der Waals surface area (Å²) in [5, 5.41) is 4.34. The monoisotopic (exact) mass is 264 g/mol. The Balaban J connectivity index is 2.18. The van der Waals surface area contributed by atoms with Crippen molar-refractivity contribution in [2.45, 2.75) is 38.6 Å². The second-order valence-electron chi connectivity index (χ2n) is 5.43. The van der Waals surface area contributed by atoms with Gasteiger partial charge in [0.05, 0.1) is 11.3 Å². The summed E-state index contributed by atoms with van der Waals surface area (Å²) in [7, 11) is 3.75. The summed E-state index contributed by atoms with van der Waals surface area (Å²) in [5.74, 6) is 0.519. The van der Waals surface area contributed by atoms with Crippen molar-refractivity contribution in [1.29, 1.82) is 0 Å². The van der Waals surface area contributed by atoms with Crippen LogP contribution in [0.4, 0.5) is 0 Å². The quantitative estimate of drug-likeness (QED) is 0.888. The SMILES string of the molecule is CCc1nn(C)cc1C(=O)N(C)C1CCCC1CN. The number of amides is 1. The van der Waals surface area contributed by atoms with E-state index in [9.17, 15) is 4.79 Å². The van der Waals surface area contributed by atoms with Crippen LogP contribution in [0.3, 0.4) is 0 Å². The fourth-order valence-corrected chi connectivity index (χ4v) is 3.12. The fraction of sp³-hybridized carbons (Fsp3) is 0.714. The van der Waals surface area contributed by atoms with Crippen molar-refractivity contribution in [2.75, 3.05) is 13.6 Å². The highest BCUT2D eigenvalue weighted by atomic mass is 16.2. The van der Waals surface area contributed by atoms with E-state index in [2.05, 4.69) is 5.10 Å². The van der Waals surface area contributed by atoms with Gasteiger partial charge >= 0.3 is 0 Å². The van der Waals surface area contributed by atoms with E-state index < -0.39 is 0 Å². The van der Waals surface area contributed by atoms with Gasteiger partial charge in [-0.3, -0.25) is 9.48 Å². The second kappa shape index (κ2) is 5.74. The normalized spacial score (nSPS) is 22.7. The van der Waals surface area contributed by atoms with Crippen molar-refractivity contribution in [2.24, 2.45) is 18.7 Å². The summed E-state index contributed by atoms with van der Waals surface area (Å²) < 4.78 is 1.72. The fourth-order valence-electron chi connectivity index (χ4n) is 3.12. The molecule has 2 unspecified atom stereocenters. The van der Waals surface area contributed by atoms with Gasteiger partial charge in [0, 0.05) is 26.3 Å². The van der Waals surface area contributed by atoms with Gasteiger partial charge in [-0.1, -0.05) is 13.3 Å². The van der Waals surface area contributed by atoms with E-state index in [0.717, 1.165) is 36.9 Å². The van der Waals surface area contributed by atoms with Gasteiger partial charge in [0.1, 0.15) is 0 Å². The van der Waals surface area contributed by atoms with Crippen LogP contribution in [-0.2, 0) is 13.5 Å². The van der Waals surface area contributed by atoms with Crippen molar-refractivity contribution in [3.63, 3.8) is 0 Å². The molecule has 1 aliphatic rings. The average molecular weight is 264 g/mol. The molecule has 1 heterocycles. The van der Waals surface area contributed by atoms with E-state index >= 15 is 0 Å². The second-order valence-corrected chi connectivity index (χ2v) is 5.43. The highest BCUT2D eigenvalue weighted by Gasteiger charge is 2.33. The third-order valence-corrected chi connectivity index (χ3v) is 4.21. The molecule has 2 rings (SSSR count). The van der Waals surface area contributed by atoms with Crippen LogP contribution in [0.15, 0.2) is 6.20 Å². The molecule has 1 aromatic heterocycles. The smallest absolute Gasteiger partial charge is 0.257 e. The highest BCUT2D eigenvalue weighted by molar-refractivity contribution is 5.95. The molecule has 1 saturated carbocycles. The lowest BCUT2D eigenvalue weighted by Crippen LogP contribution is -2.41. The lowest BCUT2D eigenvalue weighted by molar-refractivity contribution is 0.0698. The van der Waals surface area contributed by atoms with Crippen molar-refractivity contribution >= 4 is 5.91 Å². The molecule has 0 saturated heterocycles. The summed E-state index contributed by atoms with van der Waals surface area (Å²) in [6.45, 7) is 2.69. The van der Waals surface area contributed by atoms with Crippen LogP contribution in [0, 0.1) is 5.92 Å². The molecule has 0 radical (unpaired) electrons. The molecule has 2 atom stereocenters.